The summed E-state index contributed by atoms with van der Waals surface area (Å²) in [5, 5.41) is 19.4. The van der Waals surface area contributed by atoms with Gasteiger partial charge in [-0.2, -0.15) is 0 Å². The van der Waals surface area contributed by atoms with Gasteiger partial charge < -0.3 is 10.2 Å². The molecule has 0 aromatic heterocycles. The van der Waals surface area contributed by atoms with Crippen molar-refractivity contribution in [2.24, 2.45) is 0 Å². The molecule has 0 saturated carbocycles. The van der Waals surface area contributed by atoms with Crippen LogP contribution >= 0.6 is 0 Å². The molecule has 0 aliphatic rings. The maximum absolute atomic E-state index is 9.87. The van der Waals surface area contributed by atoms with Crippen molar-refractivity contribution in [1.82, 2.24) is 0 Å². The van der Waals surface area contributed by atoms with Crippen LogP contribution in [0.15, 0.2) is 36.4 Å². The summed E-state index contributed by atoms with van der Waals surface area (Å²) in [5.41, 5.74) is 3.69. The maximum atomic E-state index is 9.87. The molecule has 0 radical (unpaired) electrons. The predicted octanol–water partition coefficient (Wildman–Crippen LogP) is 3.38. The number of phenols is 2. The third-order valence-electron chi connectivity index (χ3n) is 2.67. The van der Waals surface area contributed by atoms with Gasteiger partial charge in [-0.3, -0.25) is 0 Å². The molecule has 0 unspecified atom stereocenters. The van der Waals surface area contributed by atoms with Crippen molar-refractivity contribution in [3.05, 3.63) is 47.5 Å². The summed E-state index contributed by atoms with van der Waals surface area (Å²) in [7, 11) is 0. The van der Waals surface area contributed by atoms with E-state index in [1.807, 2.05) is 38.1 Å². The normalized spacial score (nSPS) is 10.4. The average Bonchev–Trinajstić information content (AvgIpc) is 2.24. The predicted molar refractivity (Wildman–Crippen MR) is 64.7 cm³/mol. The lowest BCUT2D eigenvalue weighted by molar-refractivity contribution is 0.405. The van der Waals surface area contributed by atoms with E-state index in [-0.39, 0.29) is 11.5 Å². The Hall–Kier alpha value is -1.96. The van der Waals surface area contributed by atoms with Crippen LogP contribution < -0.4 is 0 Å². The van der Waals surface area contributed by atoms with Gasteiger partial charge >= 0.3 is 0 Å². The number of hydrogen-bond donors (Lipinski definition) is 2. The second kappa shape index (κ2) is 3.89. The highest BCUT2D eigenvalue weighted by atomic mass is 16.3. The number of rotatable bonds is 1. The number of benzene rings is 2. The minimum absolute atomic E-state index is 0.0504. The van der Waals surface area contributed by atoms with Crippen LogP contribution in [0.4, 0.5) is 0 Å². The van der Waals surface area contributed by atoms with Gasteiger partial charge in [-0.05, 0) is 31.0 Å². The van der Waals surface area contributed by atoms with E-state index in [9.17, 15) is 10.2 Å². The Labute approximate surface area is 94.8 Å². The molecule has 2 heteroatoms. The van der Waals surface area contributed by atoms with E-state index in [1.165, 1.54) is 6.07 Å². The van der Waals surface area contributed by atoms with Crippen molar-refractivity contribution in [1.29, 1.82) is 0 Å². The van der Waals surface area contributed by atoms with Crippen LogP contribution in [0.25, 0.3) is 11.1 Å². The number of hydrogen-bond acceptors (Lipinski definition) is 2. The van der Waals surface area contributed by atoms with Crippen molar-refractivity contribution in [2.75, 3.05) is 0 Å². The van der Waals surface area contributed by atoms with Gasteiger partial charge in [0, 0.05) is 5.56 Å². The molecule has 0 aliphatic heterocycles. The largest absolute Gasteiger partial charge is 0.504 e. The Kier molecular flexibility index (Phi) is 2.57. The average molecular weight is 214 g/mol. The smallest absolute Gasteiger partial charge is 0.165 e. The maximum Gasteiger partial charge on any atom is 0.165 e. The van der Waals surface area contributed by atoms with E-state index in [2.05, 4.69) is 0 Å². The molecule has 0 atom stereocenters. The van der Waals surface area contributed by atoms with Gasteiger partial charge in [-0.25, -0.2) is 0 Å². The Bertz CT molecular complexity index is 530. The van der Waals surface area contributed by atoms with Crippen LogP contribution in [-0.4, -0.2) is 10.2 Å². The summed E-state index contributed by atoms with van der Waals surface area (Å²) in [6, 6.07) is 11.2. The molecular formula is C14H14O2. The second-order valence-electron chi connectivity index (χ2n) is 3.99. The van der Waals surface area contributed by atoms with Gasteiger partial charge in [0.25, 0.3) is 0 Å². The lowest BCUT2D eigenvalue weighted by Gasteiger charge is -2.10. The summed E-state index contributed by atoms with van der Waals surface area (Å²) in [6.45, 7) is 3.91. The summed E-state index contributed by atoms with van der Waals surface area (Å²) in [4.78, 5) is 0. The molecule has 0 saturated heterocycles. The van der Waals surface area contributed by atoms with Crippen LogP contribution in [0.2, 0.25) is 0 Å². The first-order chi connectivity index (χ1) is 7.59. The van der Waals surface area contributed by atoms with Gasteiger partial charge in [0.1, 0.15) is 0 Å². The third-order valence-corrected chi connectivity index (χ3v) is 2.67. The summed E-state index contributed by atoms with van der Waals surface area (Å²) < 4.78 is 0. The highest BCUT2D eigenvalue weighted by Gasteiger charge is 2.11. The van der Waals surface area contributed by atoms with E-state index in [0.717, 1.165) is 16.7 Å². The minimum atomic E-state index is -0.0814. The fourth-order valence-electron chi connectivity index (χ4n) is 1.85. The van der Waals surface area contributed by atoms with Crippen LogP contribution in [0.1, 0.15) is 11.1 Å². The zero-order valence-electron chi connectivity index (χ0n) is 9.36. The van der Waals surface area contributed by atoms with Gasteiger partial charge in [0.15, 0.2) is 11.5 Å². The minimum Gasteiger partial charge on any atom is -0.504 e. The zero-order valence-corrected chi connectivity index (χ0v) is 9.36. The molecule has 82 valence electrons. The molecular weight excluding hydrogens is 200 g/mol. The van der Waals surface area contributed by atoms with Crippen molar-refractivity contribution in [3.8, 4) is 22.6 Å². The lowest BCUT2D eigenvalue weighted by atomic mass is 9.98. The summed E-state index contributed by atoms with van der Waals surface area (Å²) in [5.74, 6) is -0.132. The first-order valence-corrected chi connectivity index (χ1v) is 5.18. The fourth-order valence-corrected chi connectivity index (χ4v) is 1.85. The summed E-state index contributed by atoms with van der Waals surface area (Å²) in [6.07, 6.45) is 0. The van der Waals surface area contributed by atoms with Crippen LogP contribution in [0.5, 0.6) is 11.5 Å². The molecule has 16 heavy (non-hydrogen) atoms. The van der Waals surface area contributed by atoms with Crippen LogP contribution in [0.3, 0.4) is 0 Å². The zero-order chi connectivity index (χ0) is 11.7. The van der Waals surface area contributed by atoms with E-state index >= 15 is 0 Å². The Morgan fingerprint density at radius 2 is 1.69 bits per heavy atom. The molecule has 2 aromatic rings. The quantitative estimate of drug-likeness (QED) is 0.714. The molecule has 2 N–H and O–H groups in total. The monoisotopic (exact) mass is 214 g/mol. The van der Waals surface area contributed by atoms with E-state index in [4.69, 9.17) is 0 Å². The number of aromatic hydroxyl groups is 2. The van der Waals surface area contributed by atoms with Crippen molar-refractivity contribution < 1.29 is 10.2 Å². The molecule has 2 rings (SSSR count). The van der Waals surface area contributed by atoms with Crippen molar-refractivity contribution in [2.45, 2.75) is 13.8 Å². The fraction of sp³-hybridized carbons (Fsp3) is 0.143. The van der Waals surface area contributed by atoms with Gasteiger partial charge in [0.05, 0.1) is 0 Å². The second-order valence-corrected chi connectivity index (χ2v) is 3.99. The lowest BCUT2D eigenvalue weighted by Crippen LogP contribution is -1.85. The molecule has 0 fully saturated rings. The topological polar surface area (TPSA) is 40.5 Å². The highest BCUT2D eigenvalue weighted by Crippen LogP contribution is 2.38. The molecule has 0 spiro atoms. The SMILES string of the molecule is Cc1cccc(-c2c(C)ccc(O)c2O)c1. The van der Waals surface area contributed by atoms with Crippen molar-refractivity contribution >= 4 is 0 Å². The first-order valence-electron chi connectivity index (χ1n) is 5.18. The van der Waals surface area contributed by atoms with Crippen molar-refractivity contribution in [3.63, 3.8) is 0 Å². The Balaban J connectivity index is 2.68. The Morgan fingerprint density at radius 1 is 0.938 bits per heavy atom. The summed E-state index contributed by atoms with van der Waals surface area (Å²) >= 11 is 0. The van der Waals surface area contributed by atoms with E-state index in [1.54, 1.807) is 6.07 Å². The molecule has 2 aromatic carbocycles. The Morgan fingerprint density at radius 3 is 2.38 bits per heavy atom. The third kappa shape index (κ3) is 1.74. The number of aryl methyl sites for hydroxylation is 2. The van der Waals surface area contributed by atoms with Gasteiger partial charge in [0.2, 0.25) is 0 Å². The molecule has 0 amide bonds. The van der Waals surface area contributed by atoms with E-state index < -0.39 is 0 Å². The molecule has 0 bridgehead atoms. The number of phenolic OH excluding ortho intramolecular Hbond substituents is 2. The highest BCUT2D eigenvalue weighted by molar-refractivity contribution is 5.76. The first kappa shape index (κ1) is 10.6. The molecule has 0 aliphatic carbocycles. The molecule has 2 nitrogen and oxygen atoms in total. The van der Waals surface area contributed by atoms with Crippen LogP contribution in [0, 0.1) is 13.8 Å². The van der Waals surface area contributed by atoms with Gasteiger partial charge in [-0.15, -0.1) is 0 Å². The standard InChI is InChI=1S/C14H14O2/c1-9-4-3-5-11(8-9)13-10(2)6-7-12(15)14(13)16/h3-8,15-16H,1-2H3. The van der Waals surface area contributed by atoms with Gasteiger partial charge in [-0.1, -0.05) is 35.9 Å². The van der Waals surface area contributed by atoms with E-state index in [0.29, 0.717) is 5.56 Å². The molecule has 0 heterocycles. The van der Waals surface area contributed by atoms with Crippen LogP contribution in [-0.2, 0) is 0 Å².